The molecule has 1 N–H and O–H groups in total. The number of benzene rings is 2. The molecule has 3 nitrogen and oxygen atoms in total. The maximum absolute atomic E-state index is 12.2. The molecule has 19 heavy (non-hydrogen) atoms. The van der Waals surface area contributed by atoms with Crippen molar-refractivity contribution in [3.05, 3.63) is 83.6 Å². The molecule has 2 aromatic rings. The third-order valence-electron chi connectivity index (χ3n) is 3.02. The van der Waals surface area contributed by atoms with E-state index in [9.17, 15) is 4.79 Å². The van der Waals surface area contributed by atoms with Gasteiger partial charge in [-0.15, -0.1) is 0 Å². The van der Waals surface area contributed by atoms with Crippen LogP contribution in [-0.2, 0) is 4.84 Å². The first kappa shape index (κ1) is 11.7. The summed E-state index contributed by atoms with van der Waals surface area (Å²) in [7, 11) is 0. The summed E-state index contributed by atoms with van der Waals surface area (Å²) in [6, 6.07) is 18.9. The Morgan fingerprint density at radius 2 is 1.58 bits per heavy atom. The summed E-state index contributed by atoms with van der Waals surface area (Å²) in [5.41, 5.74) is 4.87. The summed E-state index contributed by atoms with van der Waals surface area (Å²) in [5.74, 6) is -0.0565. The van der Waals surface area contributed by atoms with Gasteiger partial charge in [0.15, 0.2) is 0 Å². The Balaban J connectivity index is 1.82. The first-order valence-corrected chi connectivity index (χ1v) is 6.13. The Hall–Kier alpha value is -2.39. The van der Waals surface area contributed by atoms with E-state index in [1.807, 2.05) is 54.6 Å². The van der Waals surface area contributed by atoms with Crippen LogP contribution in [0.1, 0.15) is 22.0 Å². The highest BCUT2D eigenvalue weighted by Crippen LogP contribution is 2.25. The minimum absolute atomic E-state index is 0.0565. The van der Waals surface area contributed by atoms with E-state index in [1.54, 1.807) is 12.1 Å². The van der Waals surface area contributed by atoms with Gasteiger partial charge in [0, 0.05) is 5.56 Å². The molecule has 0 saturated carbocycles. The smallest absolute Gasteiger partial charge is 0.210 e. The second-order valence-corrected chi connectivity index (χ2v) is 4.33. The zero-order valence-corrected chi connectivity index (χ0v) is 10.2. The van der Waals surface area contributed by atoms with Crippen LogP contribution in [0.25, 0.3) is 0 Å². The van der Waals surface area contributed by atoms with E-state index in [4.69, 9.17) is 4.84 Å². The third kappa shape index (κ3) is 2.41. The Morgan fingerprint density at radius 1 is 0.947 bits per heavy atom. The molecule has 0 fully saturated rings. The van der Waals surface area contributed by atoms with Gasteiger partial charge in [0.2, 0.25) is 5.78 Å². The van der Waals surface area contributed by atoms with Crippen molar-refractivity contribution in [2.24, 2.45) is 0 Å². The van der Waals surface area contributed by atoms with E-state index >= 15 is 0 Å². The topological polar surface area (TPSA) is 38.3 Å². The molecule has 1 atom stereocenters. The molecule has 1 heterocycles. The lowest BCUT2D eigenvalue weighted by molar-refractivity contribution is 0.0404. The molecule has 1 aliphatic heterocycles. The van der Waals surface area contributed by atoms with Crippen molar-refractivity contribution in [2.45, 2.75) is 6.10 Å². The van der Waals surface area contributed by atoms with Gasteiger partial charge in [0.1, 0.15) is 11.8 Å². The number of carbonyl (C=O) groups is 1. The Morgan fingerprint density at radius 3 is 2.26 bits per heavy atom. The molecule has 0 amide bonds. The van der Waals surface area contributed by atoms with Crippen molar-refractivity contribution in [1.29, 1.82) is 0 Å². The van der Waals surface area contributed by atoms with E-state index in [2.05, 4.69) is 5.48 Å². The van der Waals surface area contributed by atoms with Crippen LogP contribution in [0.3, 0.4) is 0 Å². The zero-order valence-electron chi connectivity index (χ0n) is 10.2. The maximum Gasteiger partial charge on any atom is 0.210 e. The van der Waals surface area contributed by atoms with E-state index in [0.29, 0.717) is 11.3 Å². The molecule has 1 unspecified atom stereocenters. The first-order chi connectivity index (χ1) is 9.34. The quantitative estimate of drug-likeness (QED) is 0.852. The summed E-state index contributed by atoms with van der Waals surface area (Å²) in [5, 5.41) is 0. The number of rotatable bonds is 3. The van der Waals surface area contributed by atoms with Crippen LogP contribution in [0.2, 0.25) is 0 Å². The normalized spacial score (nSPS) is 17.7. The Labute approximate surface area is 111 Å². The molecule has 2 aromatic carbocycles. The predicted molar refractivity (Wildman–Crippen MR) is 72.3 cm³/mol. The summed E-state index contributed by atoms with van der Waals surface area (Å²) in [4.78, 5) is 17.6. The number of hydrogen-bond acceptors (Lipinski definition) is 3. The van der Waals surface area contributed by atoms with Gasteiger partial charge in [-0.2, -0.15) is 0 Å². The molecule has 3 heteroatoms. The average molecular weight is 251 g/mol. The highest BCUT2D eigenvalue weighted by molar-refractivity contribution is 6.08. The lowest BCUT2D eigenvalue weighted by Crippen LogP contribution is -2.15. The Kier molecular flexibility index (Phi) is 3.12. The van der Waals surface area contributed by atoms with Gasteiger partial charge in [0.25, 0.3) is 0 Å². The molecule has 0 aliphatic carbocycles. The molecule has 0 saturated heterocycles. The largest absolute Gasteiger partial charge is 0.287 e. The highest BCUT2D eigenvalue weighted by Gasteiger charge is 2.23. The van der Waals surface area contributed by atoms with Crippen LogP contribution in [0, 0.1) is 0 Å². The average Bonchev–Trinajstić information content (AvgIpc) is 2.98. The monoisotopic (exact) mass is 251 g/mol. The minimum Gasteiger partial charge on any atom is -0.287 e. The standard InChI is InChI=1S/C16H13NO2/c18-16(13-9-5-2-6-10-13)14-11-15(19-17-14)12-7-3-1-4-8-12/h1-11,15,17H. The van der Waals surface area contributed by atoms with Crippen molar-refractivity contribution < 1.29 is 9.63 Å². The fraction of sp³-hybridized carbons (Fsp3) is 0.0625. The summed E-state index contributed by atoms with van der Waals surface area (Å²) < 4.78 is 0. The minimum atomic E-state index is -0.219. The van der Waals surface area contributed by atoms with Crippen LogP contribution >= 0.6 is 0 Å². The van der Waals surface area contributed by atoms with E-state index in [0.717, 1.165) is 5.56 Å². The number of allylic oxidation sites excluding steroid dienone is 1. The van der Waals surface area contributed by atoms with E-state index in [-0.39, 0.29) is 11.9 Å². The molecule has 1 aliphatic rings. The van der Waals surface area contributed by atoms with Gasteiger partial charge >= 0.3 is 0 Å². The van der Waals surface area contributed by atoms with Crippen molar-refractivity contribution in [2.75, 3.05) is 0 Å². The SMILES string of the molecule is O=C(C1=CC(c2ccccc2)ON1)c1ccccc1. The first-order valence-electron chi connectivity index (χ1n) is 6.13. The zero-order chi connectivity index (χ0) is 13.1. The third-order valence-corrected chi connectivity index (χ3v) is 3.02. The second kappa shape index (κ2) is 5.08. The molecule has 0 spiro atoms. The number of hydroxylamine groups is 1. The van der Waals surface area contributed by atoms with Crippen LogP contribution in [0.4, 0.5) is 0 Å². The van der Waals surface area contributed by atoms with Gasteiger partial charge in [-0.1, -0.05) is 60.7 Å². The molecule has 0 bridgehead atoms. The van der Waals surface area contributed by atoms with Crippen LogP contribution < -0.4 is 5.48 Å². The van der Waals surface area contributed by atoms with Crippen molar-refractivity contribution in [3.8, 4) is 0 Å². The summed E-state index contributed by atoms with van der Waals surface area (Å²) in [6.07, 6.45) is 1.59. The lowest BCUT2D eigenvalue weighted by atomic mass is 10.1. The van der Waals surface area contributed by atoms with Gasteiger partial charge in [-0.25, -0.2) is 0 Å². The van der Waals surface area contributed by atoms with Crippen molar-refractivity contribution >= 4 is 5.78 Å². The summed E-state index contributed by atoms with van der Waals surface area (Å²) in [6.45, 7) is 0. The molecule has 0 aromatic heterocycles. The number of Topliss-reactive ketones (excluding diaryl/α,β-unsaturated/α-hetero) is 1. The molecule has 94 valence electrons. The van der Waals surface area contributed by atoms with Crippen molar-refractivity contribution in [1.82, 2.24) is 5.48 Å². The lowest BCUT2D eigenvalue weighted by Gasteiger charge is -2.06. The van der Waals surface area contributed by atoms with Gasteiger partial charge in [-0.3, -0.25) is 15.1 Å². The predicted octanol–water partition coefficient (Wildman–Crippen LogP) is 3.03. The number of ketones is 1. The Bertz CT molecular complexity index is 605. The fourth-order valence-corrected chi connectivity index (χ4v) is 2.02. The van der Waals surface area contributed by atoms with Crippen LogP contribution in [-0.4, -0.2) is 5.78 Å². The molecular weight excluding hydrogens is 238 g/mol. The number of hydrogen-bond donors (Lipinski definition) is 1. The van der Waals surface area contributed by atoms with E-state index < -0.39 is 0 Å². The van der Waals surface area contributed by atoms with Gasteiger partial charge in [-0.05, 0) is 11.6 Å². The van der Waals surface area contributed by atoms with Crippen LogP contribution in [0.15, 0.2) is 72.4 Å². The summed E-state index contributed by atoms with van der Waals surface area (Å²) >= 11 is 0. The van der Waals surface area contributed by atoms with Crippen LogP contribution in [0.5, 0.6) is 0 Å². The van der Waals surface area contributed by atoms with E-state index in [1.165, 1.54) is 0 Å². The number of nitrogens with one attached hydrogen (secondary N) is 1. The number of carbonyl (C=O) groups excluding carboxylic acids is 1. The molecule has 3 rings (SSSR count). The van der Waals surface area contributed by atoms with Crippen molar-refractivity contribution in [3.63, 3.8) is 0 Å². The highest BCUT2D eigenvalue weighted by atomic mass is 16.7. The molecular formula is C16H13NO2. The fourth-order valence-electron chi connectivity index (χ4n) is 2.02. The molecule has 0 radical (unpaired) electrons. The van der Waals surface area contributed by atoms with Gasteiger partial charge in [0.05, 0.1) is 0 Å². The second-order valence-electron chi connectivity index (χ2n) is 4.33. The van der Waals surface area contributed by atoms with Gasteiger partial charge < -0.3 is 0 Å². The maximum atomic E-state index is 12.2.